The molecule has 142 valence electrons. The molecule has 4 rings (SSSR count). The maximum Gasteiger partial charge on any atom is 0.272 e. The molecule has 0 spiro atoms. The van der Waals surface area contributed by atoms with Crippen molar-refractivity contribution in [3.8, 4) is 11.5 Å². The van der Waals surface area contributed by atoms with Crippen LogP contribution in [0.2, 0.25) is 5.02 Å². The van der Waals surface area contributed by atoms with Crippen LogP contribution in [0.3, 0.4) is 0 Å². The Morgan fingerprint density at radius 3 is 2.50 bits per heavy atom. The molecule has 0 atom stereocenters. The van der Waals surface area contributed by atoms with Crippen molar-refractivity contribution in [3.05, 3.63) is 70.9 Å². The van der Waals surface area contributed by atoms with Crippen LogP contribution in [-0.4, -0.2) is 29.3 Å². The van der Waals surface area contributed by atoms with Gasteiger partial charge in [0.2, 0.25) is 0 Å². The van der Waals surface area contributed by atoms with Gasteiger partial charge in [0.25, 0.3) is 5.91 Å². The summed E-state index contributed by atoms with van der Waals surface area (Å²) in [5.41, 5.74) is 1.97. The molecule has 7 nitrogen and oxygen atoms in total. The van der Waals surface area contributed by atoms with E-state index in [4.69, 9.17) is 21.1 Å². The highest BCUT2D eigenvalue weighted by atomic mass is 35.5. The van der Waals surface area contributed by atoms with Crippen LogP contribution in [0, 0.1) is 0 Å². The molecule has 0 fully saturated rings. The molecule has 8 heteroatoms. The summed E-state index contributed by atoms with van der Waals surface area (Å²) in [4.78, 5) is 12.2. The Morgan fingerprint density at radius 1 is 0.964 bits per heavy atom. The summed E-state index contributed by atoms with van der Waals surface area (Å²) in [5, 5.41) is 14.6. The molecule has 1 aromatic heterocycles. The molecule has 0 saturated heterocycles. The molecule has 0 aliphatic carbocycles. The van der Waals surface area contributed by atoms with Crippen molar-refractivity contribution in [3.63, 3.8) is 0 Å². The number of carbonyl (C=O) groups excluding carboxylic acids is 1. The number of carbonyl (C=O) groups is 1. The molecule has 0 saturated carbocycles. The number of nitrogens with one attached hydrogen (secondary N) is 2. The molecule has 1 aliphatic rings. The number of hydrogen-bond acceptors (Lipinski definition) is 6. The number of anilines is 2. The Balaban J connectivity index is 1.36. The highest BCUT2D eigenvalue weighted by Gasteiger charge is 2.12. The second-order valence-electron chi connectivity index (χ2n) is 6.10. The van der Waals surface area contributed by atoms with E-state index in [1.807, 2.05) is 30.3 Å². The molecule has 1 aliphatic heterocycles. The molecule has 2 aromatic carbocycles. The fraction of sp³-hybridized carbons (Fsp3) is 0.150. The van der Waals surface area contributed by atoms with E-state index < -0.39 is 0 Å². The number of fused-ring (bicyclic) bond motifs is 1. The molecule has 0 radical (unpaired) electrons. The monoisotopic (exact) mass is 396 g/mol. The maximum absolute atomic E-state index is 12.2. The third-order valence-electron chi connectivity index (χ3n) is 4.08. The summed E-state index contributed by atoms with van der Waals surface area (Å²) < 4.78 is 11.1. The first kappa shape index (κ1) is 18.1. The molecule has 3 aromatic rings. The number of nitrogens with zero attached hydrogens (tertiary/aromatic N) is 2. The van der Waals surface area contributed by atoms with Crippen LogP contribution in [0.4, 0.5) is 11.5 Å². The van der Waals surface area contributed by atoms with Crippen molar-refractivity contribution >= 4 is 29.0 Å². The number of rotatable bonds is 5. The van der Waals surface area contributed by atoms with Crippen LogP contribution in [0.5, 0.6) is 11.5 Å². The average Bonchev–Trinajstić information content (AvgIpc) is 2.73. The summed E-state index contributed by atoms with van der Waals surface area (Å²) in [6, 6.07) is 16.1. The number of hydrogen-bond donors (Lipinski definition) is 2. The van der Waals surface area contributed by atoms with E-state index >= 15 is 0 Å². The second-order valence-corrected chi connectivity index (χ2v) is 6.53. The minimum atomic E-state index is -0.298. The first-order valence-corrected chi connectivity index (χ1v) is 9.08. The predicted octanol–water partition coefficient (Wildman–Crippen LogP) is 3.57. The lowest BCUT2D eigenvalue weighted by Gasteiger charge is -2.19. The lowest BCUT2D eigenvalue weighted by Crippen LogP contribution is -2.24. The van der Waals surface area contributed by atoms with Gasteiger partial charge in [-0.2, -0.15) is 0 Å². The highest BCUT2D eigenvalue weighted by Crippen LogP contribution is 2.33. The van der Waals surface area contributed by atoms with Gasteiger partial charge in [-0.1, -0.05) is 23.7 Å². The topological polar surface area (TPSA) is 85.4 Å². The zero-order chi connectivity index (χ0) is 19.3. The van der Waals surface area contributed by atoms with Crippen molar-refractivity contribution in [2.45, 2.75) is 6.54 Å². The summed E-state index contributed by atoms with van der Waals surface area (Å²) in [7, 11) is 0. The molecule has 1 amide bonds. The standard InChI is InChI=1S/C20H17ClN4O3/c21-14-3-1-13(2-4-14)12-22-20(26)16-6-8-19(25-24-16)23-15-5-7-17-18(11-15)28-10-9-27-17/h1-8,11H,9-10,12H2,(H,22,26)(H,23,25). The lowest BCUT2D eigenvalue weighted by atomic mass is 10.2. The molecule has 0 bridgehead atoms. The van der Waals surface area contributed by atoms with Gasteiger partial charge in [0.05, 0.1) is 0 Å². The molecular formula is C20H17ClN4O3. The van der Waals surface area contributed by atoms with E-state index in [1.54, 1.807) is 24.3 Å². The molecule has 2 N–H and O–H groups in total. The summed E-state index contributed by atoms with van der Waals surface area (Å²) in [6.45, 7) is 1.46. The molecule has 2 heterocycles. The largest absolute Gasteiger partial charge is 0.486 e. The van der Waals surface area contributed by atoms with Crippen molar-refractivity contribution in [2.24, 2.45) is 0 Å². The first-order chi connectivity index (χ1) is 13.7. The first-order valence-electron chi connectivity index (χ1n) is 8.70. The van der Waals surface area contributed by atoms with Crippen molar-refractivity contribution < 1.29 is 14.3 Å². The van der Waals surface area contributed by atoms with Crippen LogP contribution in [0.1, 0.15) is 16.1 Å². The SMILES string of the molecule is O=C(NCc1ccc(Cl)cc1)c1ccc(Nc2ccc3c(c2)OCCO3)nn1. The number of halogens is 1. The van der Waals surface area contributed by atoms with Crippen molar-refractivity contribution in [1.29, 1.82) is 0 Å². The van der Waals surface area contributed by atoms with E-state index in [0.29, 0.717) is 36.3 Å². The van der Waals surface area contributed by atoms with Gasteiger partial charge < -0.3 is 20.1 Å². The molecule has 28 heavy (non-hydrogen) atoms. The van der Waals surface area contributed by atoms with Gasteiger partial charge >= 0.3 is 0 Å². The summed E-state index contributed by atoms with van der Waals surface area (Å²) in [6.07, 6.45) is 0. The fourth-order valence-corrected chi connectivity index (χ4v) is 2.79. The third kappa shape index (κ3) is 4.32. The minimum Gasteiger partial charge on any atom is -0.486 e. The summed E-state index contributed by atoms with van der Waals surface area (Å²) >= 11 is 5.85. The van der Waals surface area contributed by atoms with E-state index in [2.05, 4.69) is 20.8 Å². The van der Waals surface area contributed by atoms with Gasteiger partial charge in [0.1, 0.15) is 13.2 Å². The van der Waals surface area contributed by atoms with Crippen LogP contribution in [-0.2, 0) is 6.54 Å². The van der Waals surface area contributed by atoms with Gasteiger partial charge in [-0.25, -0.2) is 0 Å². The van der Waals surface area contributed by atoms with E-state index in [1.165, 1.54) is 0 Å². The van der Waals surface area contributed by atoms with E-state index in [-0.39, 0.29) is 11.6 Å². The molecule has 0 unspecified atom stereocenters. The number of amides is 1. The van der Waals surface area contributed by atoms with Gasteiger partial charge in [-0.05, 0) is 42.0 Å². The Kier molecular flexibility index (Phi) is 5.25. The second kappa shape index (κ2) is 8.14. The Labute approximate surface area is 166 Å². The smallest absolute Gasteiger partial charge is 0.272 e. The maximum atomic E-state index is 12.2. The van der Waals surface area contributed by atoms with Crippen LogP contribution >= 0.6 is 11.6 Å². The highest BCUT2D eigenvalue weighted by molar-refractivity contribution is 6.30. The summed E-state index contributed by atoms with van der Waals surface area (Å²) in [5.74, 6) is 1.62. The Bertz CT molecular complexity index is 978. The quantitative estimate of drug-likeness (QED) is 0.685. The van der Waals surface area contributed by atoms with Crippen molar-refractivity contribution in [2.75, 3.05) is 18.5 Å². The Hall–Kier alpha value is -3.32. The van der Waals surface area contributed by atoms with Gasteiger partial charge in [-0.3, -0.25) is 4.79 Å². The predicted molar refractivity (Wildman–Crippen MR) is 105 cm³/mol. The van der Waals surface area contributed by atoms with E-state index in [0.717, 1.165) is 17.0 Å². The van der Waals surface area contributed by atoms with Gasteiger partial charge in [-0.15, -0.1) is 10.2 Å². The fourth-order valence-electron chi connectivity index (χ4n) is 2.66. The van der Waals surface area contributed by atoms with Gasteiger partial charge in [0, 0.05) is 23.3 Å². The van der Waals surface area contributed by atoms with Gasteiger partial charge in [0.15, 0.2) is 23.0 Å². The van der Waals surface area contributed by atoms with Crippen molar-refractivity contribution in [1.82, 2.24) is 15.5 Å². The van der Waals surface area contributed by atoms with Crippen LogP contribution in [0.25, 0.3) is 0 Å². The number of ether oxygens (including phenoxy) is 2. The average molecular weight is 397 g/mol. The number of aromatic nitrogens is 2. The molecular weight excluding hydrogens is 380 g/mol. The Morgan fingerprint density at radius 2 is 1.75 bits per heavy atom. The minimum absolute atomic E-state index is 0.238. The van der Waals surface area contributed by atoms with Crippen LogP contribution in [0.15, 0.2) is 54.6 Å². The zero-order valence-corrected chi connectivity index (χ0v) is 15.6. The number of benzene rings is 2. The normalized spacial score (nSPS) is 12.3. The van der Waals surface area contributed by atoms with E-state index in [9.17, 15) is 4.79 Å². The van der Waals surface area contributed by atoms with Crippen LogP contribution < -0.4 is 20.1 Å². The zero-order valence-electron chi connectivity index (χ0n) is 14.8. The lowest BCUT2D eigenvalue weighted by molar-refractivity contribution is 0.0945. The third-order valence-corrected chi connectivity index (χ3v) is 4.33.